The first kappa shape index (κ1) is 33.3. The summed E-state index contributed by atoms with van der Waals surface area (Å²) in [5, 5.41) is 0. The number of likely N-dealkylation sites (N-methyl/N-ethyl adjacent to an activating group) is 1. The number of carbonyl (C=O) groups is 3. The summed E-state index contributed by atoms with van der Waals surface area (Å²) in [6.07, 6.45) is -8.26. The van der Waals surface area contributed by atoms with Crippen LogP contribution in [0.5, 0.6) is 0 Å². The van der Waals surface area contributed by atoms with Crippen LogP contribution >= 0.6 is 0 Å². The Morgan fingerprint density at radius 3 is 1.98 bits per heavy atom. The maximum Gasteiger partial charge on any atom is 0.416 e. The molecule has 0 spiro atoms. The van der Waals surface area contributed by atoms with Crippen LogP contribution in [0.15, 0.2) is 42.5 Å². The molecular weight excluding hydrogens is 625 g/mol. The van der Waals surface area contributed by atoms with Crippen LogP contribution in [0, 0.1) is 11.7 Å². The van der Waals surface area contributed by atoms with E-state index in [2.05, 4.69) is 0 Å². The molecule has 250 valence electrons. The quantitative estimate of drug-likeness (QED) is 0.351. The fraction of sp³-hybridized carbons (Fsp3) is 0.516. The summed E-state index contributed by atoms with van der Waals surface area (Å²) < 4.78 is 99.8. The number of amides is 4. The minimum Gasteiger partial charge on any atom is -0.448 e. The summed E-state index contributed by atoms with van der Waals surface area (Å²) >= 11 is 0. The third kappa shape index (κ3) is 6.87. The summed E-state index contributed by atoms with van der Waals surface area (Å²) in [5.41, 5.74) is -3.11. The minimum absolute atomic E-state index is 0.0131. The molecule has 0 N–H and O–H groups in total. The van der Waals surface area contributed by atoms with Crippen LogP contribution in [0.4, 0.5) is 46.0 Å². The van der Waals surface area contributed by atoms with Gasteiger partial charge in [-0.25, -0.2) is 14.0 Å². The van der Waals surface area contributed by atoms with Gasteiger partial charge in [0.2, 0.25) is 5.91 Å². The molecule has 4 amide bonds. The number of anilines is 1. The monoisotopic (exact) mass is 658 g/mol. The van der Waals surface area contributed by atoms with E-state index in [-0.39, 0.29) is 43.1 Å². The lowest BCUT2D eigenvalue weighted by Gasteiger charge is -2.34. The summed E-state index contributed by atoms with van der Waals surface area (Å²) in [6, 6.07) is 4.80. The van der Waals surface area contributed by atoms with Gasteiger partial charge in [-0.05, 0) is 61.6 Å². The van der Waals surface area contributed by atoms with Gasteiger partial charge < -0.3 is 19.4 Å². The Hall–Kier alpha value is -4.04. The van der Waals surface area contributed by atoms with E-state index in [4.69, 9.17) is 4.74 Å². The number of ether oxygens (including phenoxy) is 1. The zero-order chi connectivity index (χ0) is 33.6. The normalized spacial score (nSPS) is 23.8. The van der Waals surface area contributed by atoms with Gasteiger partial charge in [-0.3, -0.25) is 9.69 Å². The number of urea groups is 1. The molecule has 3 fully saturated rings. The molecule has 46 heavy (non-hydrogen) atoms. The number of halogens is 7. The Balaban J connectivity index is 1.36. The van der Waals surface area contributed by atoms with Crippen molar-refractivity contribution in [2.45, 2.75) is 56.0 Å². The number of hydrogen-bond acceptors (Lipinski definition) is 4. The van der Waals surface area contributed by atoms with E-state index < -0.39 is 53.0 Å². The fourth-order valence-corrected chi connectivity index (χ4v) is 6.65. The molecule has 2 heterocycles. The van der Waals surface area contributed by atoms with E-state index in [0.29, 0.717) is 61.4 Å². The van der Waals surface area contributed by atoms with E-state index in [1.54, 1.807) is 9.80 Å². The molecule has 2 atom stereocenters. The van der Waals surface area contributed by atoms with Gasteiger partial charge in [0.05, 0.1) is 23.7 Å². The molecular formula is C31H33F7N4O4. The minimum atomic E-state index is -5.09. The molecule has 2 aliphatic heterocycles. The highest BCUT2D eigenvalue weighted by atomic mass is 19.4. The van der Waals surface area contributed by atoms with Crippen LogP contribution in [0.3, 0.4) is 0 Å². The molecule has 8 nitrogen and oxygen atoms in total. The van der Waals surface area contributed by atoms with E-state index in [1.165, 1.54) is 36.2 Å². The van der Waals surface area contributed by atoms with Crippen molar-refractivity contribution in [1.29, 1.82) is 0 Å². The number of likely N-dealkylation sites (tertiary alicyclic amines) is 1. The Bertz CT molecular complexity index is 1430. The zero-order valence-electron chi connectivity index (χ0n) is 25.1. The Labute approximate surface area is 260 Å². The molecule has 1 aliphatic carbocycles. The molecule has 3 aliphatic rings. The molecule has 1 saturated carbocycles. The molecule has 0 radical (unpaired) electrons. The third-order valence-corrected chi connectivity index (χ3v) is 9.22. The number of nitrogens with zero attached hydrogens (tertiary/aromatic N) is 4. The van der Waals surface area contributed by atoms with Crippen LogP contribution in [0.2, 0.25) is 0 Å². The number of rotatable bonds is 5. The van der Waals surface area contributed by atoms with E-state index in [0.717, 1.165) is 7.05 Å². The lowest BCUT2D eigenvalue weighted by Crippen LogP contribution is -2.48. The highest BCUT2D eigenvalue weighted by molar-refractivity contribution is 5.92. The Morgan fingerprint density at radius 2 is 1.46 bits per heavy atom. The van der Waals surface area contributed by atoms with Crippen LogP contribution in [0.1, 0.15) is 48.3 Å². The van der Waals surface area contributed by atoms with Crippen molar-refractivity contribution < 1.29 is 49.9 Å². The van der Waals surface area contributed by atoms with Crippen molar-refractivity contribution in [3.8, 4) is 0 Å². The Morgan fingerprint density at radius 1 is 0.870 bits per heavy atom. The predicted molar refractivity (Wildman–Crippen MR) is 151 cm³/mol. The number of cyclic esters (lactones) is 1. The second-order valence-electron chi connectivity index (χ2n) is 12.0. The molecule has 15 heteroatoms. The zero-order valence-corrected chi connectivity index (χ0v) is 25.1. The van der Waals surface area contributed by atoms with Crippen molar-refractivity contribution in [1.82, 2.24) is 14.7 Å². The molecule has 0 unspecified atom stereocenters. The largest absolute Gasteiger partial charge is 0.448 e. The number of hydrogen-bond donors (Lipinski definition) is 0. The standard InChI is InChI=1S/C31H33F7N4O4/c1-39(24-14-20(30(33,34)35)13-21(15-24)31(36,37)38)28(44)40(2)26-17-41(16-25(26)18-3-7-22(32)8-4-18)27(43)19-5-9-23(10-6-19)42-11-12-46-29(42)45/h3-4,7-8,13-15,19,23,25-26H,5-6,9-12,16-17H2,1-2H3/t19-,23-,25-,26+/m0/s1. The molecule has 2 aromatic rings. The summed E-state index contributed by atoms with van der Waals surface area (Å²) in [4.78, 5) is 44.5. The number of carbonyl (C=O) groups excluding carboxylic acids is 3. The summed E-state index contributed by atoms with van der Waals surface area (Å²) in [7, 11) is 2.44. The van der Waals surface area contributed by atoms with Gasteiger partial charge in [0.1, 0.15) is 12.4 Å². The van der Waals surface area contributed by atoms with Gasteiger partial charge in [-0.1, -0.05) is 12.1 Å². The number of alkyl halides is 6. The first-order chi connectivity index (χ1) is 21.5. The van der Waals surface area contributed by atoms with Crippen molar-refractivity contribution in [3.05, 3.63) is 65.0 Å². The first-order valence-corrected chi connectivity index (χ1v) is 14.8. The van der Waals surface area contributed by atoms with Crippen molar-refractivity contribution >= 4 is 23.7 Å². The van der Waals surface area contributed by atoms with Gasteiger partial charge in [-0.15, -0.1) is 0 Å². The first-order valence-electron chi connectivity index (χ1n) is 14.8. The van der Waals surface area contributed by atoms with Crippen LogP contribution in [-0.4, -0.2) is 85.2 Å². The lowest BCUT2D eigenvalue weighted by molar-refractivity contribution is -0.143. The van der Waals surface area contributed by atoms with Gasteiger partial charge >= 0.3 is 24.5 Å². The molecule has 0 aromatic heterocycles. The van der Waals surface area contributed by atoms with Gasteiger partial charge in [-0.2, -0.15) is 26.3 Å². The third-order valence-electron chi connectivity index (χ3n) is 9.22. The van der Waals surface area contributed by atoms with Crippen LogP contribution in [0.25, 0.3) is 0 Å². The lowest BCUT2D eigenvalue weighted by atomic mass is 9.84. The van der Waals surface area contributed by atoms with Crippen molar-refractivity contribution in [2.75, 3.05) is 45.2 Å². The van der Waals surface area contributed by atoms with Gasteiger partial charge in [0.15, 0.2) is 0 Å². The van der Waals surface area contributed by atoms with E-state index in [9.17, 15) is 45.1 Å². The average molecular weight is 659 g/mol. The Kier molecular flexibility index (Phi) is 9.15. The second kappa shape index (κ2) is 12.6. The van der Waals surface area contributed by atoms with Crippen molar-refractivity contribution in [2.24, 2.45) is 5.92 Å². The topological polar surface area (TPSA) is 73.4 Å². The predicted octanol–water partition coefficient (Wildman–Crippen LogP) is 6.36. The number of benzene rings is 2. The summed E-state index contributed by atoms with van der Waals surface area (Å²) in [6.45, 7) is 1.04. The highest BCUT2D eigenvalue weighted by Gasteiger charge is 2.44. The maximum absolute atomic E-state index is 13.8. The molecule has 0 bridgehead atoms. The van der Waals surface area contributed by atoms with Gasteiger partial charge in [0.25, 0.3) is 0 Å². The smallest absolute Gasteiger partial charge is 0.416 e. The highest BCUT2D eigenvalue weighted by Crippen LogP contribution is 2.40. The van der Waals surface area contributed by atoms with E-state index >= 15 is 0 Å². The molecule has 2 aromatic carbocycles. The summed E-state index contributed by atoms with van der Waals surface area (Å²) in [5.74, 6) is -1.51. The fourth-order valence-electron chi connectivity index (χ4n) is 6.65. The van der Waals surface area contributed by atoms with Crippen LogP contribution < -0.4 is 4.90 Å². The molecule has 5 rings (SSSR count). The van der Waals surface area contributed by atoms with E-state index in [1.807, 2.05) is 0 Å². The maximum atomic E-state index is 13.8. The van der Waals surface area contributed by atoms with Gasteiger partial charge in [0, 0.05) is 50.7 Å². The SMILES string of the molecule is CN(C(=O)N(C)[C@@H]1CN(C(=O)[C@H]2CC[C@H](N3CCOC3=O)CC2)C[C@H]1c1ccc(F)cc1)c1cc(C(F)(F)F)cc(C(F)(F)F)c1. The van der Waals surface area contributed by atoms with Crippen molar-refractivity contribution in [3.63, 3.8) is 0 Å². The average Bonchev–Trinajstić information content (AvgIpc) is 3.66. The second-order valence-corrected chi connectivity index (χ2v) is 12.0. The van der Waals surface area contributed by atoms with Crippen LogP contribution in [-0.2, 0) is 21.9 Å². The molecule has 2 saturated heterocycles.